The zero-order valence-electron chi connectivity index (χ0n) is 11.4. The van der Waals surface area contributed by atoms with Crippen molar-refractivity contribution in [1.82, 2.24) is 10.1 Å². The summed E-state index contributed by atoms with van der Waals surface area (Å²) in [5.74, 6) is 1.14. The molecule has 0 aliphatic carbocycles. The molecule has 0 aliphatic heterocycles. The summed E-state index contributed by atoms with van der Waals surface area (Å²) >= 11 is 0. The number of rotatable bonds is 3. The molecule has 1 N–H and O–H groups in total. The van der Waals surface area contributed by atoms with Gasteiger partial charge in [0.25, 0.3) is 5.89 Å². The van der Waals surface area contributed by atoms with Crippen LogP contribution in [0.25, 0.3) is 22.8 Å². The Hall–Kier alpha value is -2.62. The average molecular weight is 265 g/mol. The van der Waals surface area contributed by atoms with E-state index in [1.807, 2.05) is 55.6 Å². The smallest absolute Gasteiger partial charge is 0.258 e. The summed E-state index contributed by atoms with van der Waals surface area (Å²) < 4.78 is 5.33. The van der Waals surface area contributed by atoms with Crippen molar-refractivity contribution in [3.8, 4) is 22.8 Å². The van der Waals surface area contributed by atoms with Crippen molar-refractivity contribution in [1.29, 1.82) is 0 Å². The highest BCUT2D eigenvalue weighted by molar-refractivity contribution is 5.62. The maximum absolute atomic E-state index is 5.33. The molecule has 20 heavy (non-hydrogen) atoms. The van der Waals surface area contributed by atoms with E-state index in [1.54, 1.807) is 0 Å². The first-order chi connectivity index (χ1) is 9.76. The topological polar surface area (TPSA) is 51.0 Å². The third kappa shape index (κ3) is 2.40. The van der Waals surface area contributed by atoms with E-state index in [-0.39, 0.29) is 0 Å². The van der Waals surface area contributed by atoms with Crippen LogP contribution in [0.5, 0.6) is 0 Å². The van der Waals surface area contributed by atoms with Gasteiger partial charge in [-0.05, 0) is 31.2 Å². The number of benzene rings is 2. The number of hydrogen-bond acceptors (Lipinski definition) is 4. The molecule has 0 bridgehead atoms. The molecule has 4 nitrogen and oxygen atoms in total. The van der Waals surface area contributed by atoms with Crippen LogP contribution in [0.1, 0.15) is 5.56 Å². The number of anilines is 1. The molecule has 0 saturated carbocycles. The second-order valence-electron chi connectivity index (χ2n) is 4.62. The Kier molecular flexibility index (Phi) is 3.21. The molecule has 100 valence electrons. The summed E-state index contributed by atoms with van der Waals surface area (Å²) in [6.45, 7) is 2.05. The van der Waals surface area contributed by atoms with Crippen LogP contribution in [-0.4, -0.2) is 17.2 Å². The van der Waals surface area contributed by atoms with E-state index in [9.17, 15) is 0 Å². The largest absolute Gasteiger partial charge is 0.388 e. The summed E-state index contributed by atoms with van der Waals surface area (Å²) in [5.41, 5.74) is 4.12. The van der Waals surface area contributed by atoms with Gasteiger partial charge < -0.3 is 9.84 Å². The molecule has 0 amide bonds. The van der Waals surface area contributed by atoms with Gasteiger partial charge in [-0.1, -0.05) is 35.0 Å². The number of nitrogens with one attached hydrogen (secondary N) is 1. The standard InChI is InChI=1S/C16H15N3O/c1-11-3-5-12(6-4-11)15-18-16(20-19-15)13-7-9-14(17-2)10-8-13/h3-10,17H,1-2H3. The van der Waals surface area contributed by atoms with Crippen molar-refractivity contribution >= 4 is 5.69 Å². The van der Waals surface area contributed by atoms with Gasteiger partial charge in [0, 0.05) is 23.9 Å². The normalized spacial score (nSPS) is 10.5. The number of hydrogen-bond donors (Lipinski definition) is 1. The zero-order valence-corrected chi connectivity index (χ0v) is 11.4. The summed E-state index contributed by atoms with van der Waals surface area (Å²) in [4.78, 5) is 4.44. The van der Waals surface area contributed by atoms with E-state index in [0.717, 1.165) is 16.8 Å². The van der Waals surface area contributed by atoms with Crippen LogP contribution in [0, 0.1) is 6.92 Å². The lowest BCUT2D eigenvalue weighted by Crippen LogP contribution is -1.87. The van der Waals surface area contributed by atoms with E-state index < -0.39 is 0 Å². The monoisotopic (exact) mass is 265 g/mol. The highest BCUT2D eigenvalue weighted by Gasteiger charge is 2.10. The Labute approximate surface area is 117 Å². The van der Waals surface area contributed by atoms with Gasteiger partial charge in [0.15, 0.2) is 0 Å². The number of nitrogens with zero attached hydrogens (tertiary/aromatic N) is 2. The molecule has 1 heterocycles. The predicted octanol–water partition coefficient (Wildman–Crippen LogP) is 3.75. The average Bonchev–Trinajstić information content (AvgIpc) is 2.98. The van der Waals surface area contributed by atoms with Crippen LogP contribution in [0.3, 0.4) is 0 Å². The van der Waals surface area contributed by atoms with Crippen LogP contribution in [0.4, 0.5) is 5.69 Å². The first-order valence-corrected chi connectivity index (χ1v) is 6.45. The van der Waals surface area contributed by atoms with E-state index >= 15 is 0 Å². The van der Waals surface area contributed by atoms with Crippen molar-refractivity contribution in [2.45, 2.75) is 6.92 Å². The van der Waals surface area contributed by atoms with Crippen LogP contribution in [0.15, 0.2) is 53.1 Å². The quantitative estimate of drug-likeness (QED) is 0.783. The molecule has 3 aromatic rings. The second-order valence-corrected chi connectivity index (χ2v) is 4.62. The number of aromatic nitrogens is 2. The molecule has 0 spiro atoms. The Balaban J connectivity index is 1.91. The Bertz CT molecular complexity index is 699. The van der Waals surface area contributed by atoms with Crippen molar-refractivity contribution in [2.24, 2.45) is 0 Å². The molecule has 2 aromatic carbocycles. The number of aryl methyl sites for hydroxylation is 1. The summed E-state index contributed by atoms with van der Waals surface area (Å²) in [6, 6.07) is 15.9. The van der Waals surface area contributed by atoms with E-state index in [0.29, 0.717) is 11.7 Å². The third-order valence-electron chi connectivity index (χ3n) is 3.16. The minimum atomic E-state index is 0.531. The maximum atomic E-state index is 5.33. The van der Waals surface area contributed by atoms with Gasteiger partial charge in [0.05, 0.1) is 0 Å². The first kappa shape index (κ1) is 12.4. The van der Waals surface area contributed by atoms with Gasteiger partial charge in [0.2, 0.25) is 5.82 Å². The van der Waals surface area contributed by atoms with Gasteiger partial charge in [-0.15, -0.1) is 0 Å². The van der Waals surface area contributed by atoms with Gasteiger partial charge in [-0.3, -0.25) is 0 Å². The van der Waals surface area contributed by atoms with Crippen LogP contribution >= 0.6 is 0 Å². The van der Waals surface area contributed by atoms with Crippen LogP contribution in [0.2, 0.25) is 0 Å². The SMILES string of the molecule is CNc1ccc(-c2nc(-c3ccc(C)cc3)no2)cc1. The molecule has 0 fully saturated rings. The fraction of sp³-hybridized carbons (Fsp3) is 0.125. The molecule has 0 atom stereocenters. The lowest BCUT2D eigenvalue weighted by Gasteiger charge is -1.99. The Morgan fingerprint density at radius 1 is 0.900 bits per heavy atom. The predicted molar refractivity (Wildman–Crippen MR) is 79.5 cm³/mol. The fourth-order valence-electron chi connectivity index (χ4n) is 1.94. The molecular formula is C16H15N3O. The minimum absolute atomic E-state index is 0.531. The van der Waals surface area contributed by atoms with E-state index in [4.69, 9.17) is 4.52 Å². The van der Waals surface area contributed by atoms with Crippen molar-refractivity contribution in [3.05, 3.63) is 54.1 Å². The maximum Gasteiger partial charge on any atom is 0.258 e. The lowest BCUT2D eigenvalue weighted by molar-refractivity contribution is 0.432. The molecule has 0 unspecified atom stereocenters. The summed E-state index contributed by atoms with van der Waals surface area (Å²) in [7, 11) is 1.89. The fourth-order valence-corrected chi connectivity index (χ4v) is 1.94. The van der Waals surface area contributed by atoms with Crippen LogP contribution < -0.4 is 5.32 Å². The van der Waals surface area contributed by atoms with Crippen molar-refractivity contribution < 1.29 is 4.52 Å². The highest BCUT2D eigenvalue weighted by Crippen LogP contribution is 2.23. The summed E-state index contributed by atoms with van der Waals surface area (Å²) in [5, 5.41) is 7.11. The molecule has 0 radical (unpaired) electrons. The van der Waals surface area contributed by atoms with E-state index in [1.165, 1.54) is 5.56 Å². The zero-order chi connectivity index (χ0) is 13.9. The Morgan fingerprint density at radius 3 is 2.20 bits per heavy atom. The molecule has 0 aliphatic rings. The van der Waals surface area contributed by atoms with E-state index in [2.05, 4.69) is 22.4 Å². The second kappa shape index (κ2) is 5.17. The molecule has 4 heteroatoms. The van der Waals surface area contributed by atoms with Gasteiger partial charge >= 0.3 is 0 Å². The molecule has 1 aromatic heterocycles. The molecule has 0 saturated heterocycles. The first-order valence-electron chi connectivity index (χ1n) is 6.45. The Morgan fingerprint density at radius 2 is 1.55 bits per heavy atom. The van der Waals surface area contributed by atoms with Crippen LogP contribution in [-0.2, 0) is 0 Å². The lowest BCUT2D eigenvalue weighted by atomic mass is 10.1. The van der Waals surface area contributed by atoms with Gasteiger partial charge in [0.1, 0.15) is 0 Å². The van der Waals surface area contributed by atoms with Crippen molar-refractivity contribution in [3.63, 3.8) is 0 Å². The van der Waals surface area contributed by atoms with Crippen molar-refractivity contribution in [2.75, 3.05) is 12.4 Å². The van der Waals surface area contributed by atoms with Gasteiger partial charge in [-0.2, -0.15) is 4.98 Å². The molecule has 3 rings (SSSR count). The summed E-state index contributed by atoms with van der Waals surface area (Å²) in [6.07, 6.45) is 0. The highest BCUT2D eigenvalue weighted by atomic mass is 16.5. The van der Waals surface area contributed by atoms with Gasteiger partial charge in [-0.25, -0.2) is 0 Å². The molecular weight excluding hydrogens is 250 g/mol. The minimum Gasteiger partial charge on any atom is -0.388 e. The third-order valence-corrected chi connectivity index (χ3v) is 3.16.